The summed E-state index contributed by atoms with van der Waals surface area (Å²) in [5, 5.41) is 22.6. The van der Waals surface area contributed by atoms with Crippen molar-refractivity contribution in [3.05, 3.63) is 12.3 Å². The van der Waals surface area contributed by atoms with E-state index in [0.29, 0.717) is 29.3 Å². The molecule has 2 heterocycles. The second-order valence-electron chi connectivity index (χ2n) is 12.6. The molecule has 2 aliphatic heterocycles. The van der Waals surface area contributed by atoms with E-state index in [2.05, 4.69) is 35.9 Å². The van der Waals surface area contributed by atoms with Crippen molar-refractivity contribution in [3.8, 4) is 0 Å². The van der Waals surface area contributed by atoms with Gasteiger partial charge in [-0.05, 0) is 92.1 Å². The average molecular weight is 445 g/mol. The van der Waals surface area contributed by atoms with E-state index in [1.807, 2.05) is 0 Å². The van der Waals surface area contributed by atoms with E-state index in [1.54, 1.807) is 0 Å². The molecule has 180 valence electrons. The Bertz CT molecular complexity index is 738. The monoisotopic (exact) mass is 444 g/mol. The predicted molar refractivity (Wildman–Crippen MR) is 125 cm³/mol. The quantitative estimate of drug-likeness (QED) is 0.685. The van der Waals surface area contributed by atoms with Crippen molar-refractivity contribution in [2.75, 3.05) is 32.8 Å². The highest BCUT2D eigenvalue weighted by atomic mass is 16.5. The lowest BCUT2D eigenvalue weighted by molar-refractivity contribution is -0.158. The first-order valence-electron chi connectivity index (χ1n) is 13.5. The molecule has 5 nitrogen and oxygen atoms in total. The average Bonchev–Trinajstić information content (AvgIpc) is 3.41. The van der Waals surface area contributed by atoms with Gasteiger partial charge in [0.1, 0.15) is 0 Å². The minimum absolute atomic E-state index is 0.0727. The molecule has 2 N–H and O–H groups in total. The molecule has 0 aromatic carbocycles. The zero-order valence-electron chi connectivity index (χ0n) is 20.2. The van der Waals surface area contributed by atoms with Gasteiger partial charge in [-0.2, -0.15) is 0 Å². The van der Waals surface area contributed by atoms with Crippen molar-refractivity contribution in [2.24, 2.45) is 34.5 Å². The summed E-state index contributed by atoms with van der Waals surface area (Å²) in [6, 6.07) is 0.603. The van der Waals surface area contributed by atoms with Gasteiger partial charge in [-0.1, -0.05) is 19.9 Å². The molecule has 5 fully saturated rings. The highest BCUT2D eigenvalue weighted by Crippen LogP contribution is 2.66. The van der Waals surface area contributed by atoms with E-state index in [4.69, 9.17) is 4.74 Å². The Morgan fingerprint density at radius 3 is 2.47 bits per heavy atom. The molecule has 0 aromatic heterocycles. The first kappa shape index (κ1) is 21.9. The number of hydrogen-bond acceptors (Lipinski definition) is 5. The third kappa shape index (κ3) is 3.17. The summed E-state index contributed by atoms with van der Waals surface area (Å²) in [6.45, 7) is 9.62. The van der Waals surface area contributed by atoms with Gasteiger partial charge in [-0.3, -0.25) is 4.90 Å². The van der Waals surface area contributed by atoms with E-state index in [0.717, 1.165) is 63.9 Å². The molecule has 0 bridgehead atoms. The minimum Gasteiger partial charge on any atom is -0.391 e. The van der Waals surface area contributed by atoms with Crippen LogP contribution in [0.25, 0.3) is 0 Å². The van der Waals surface area contributed by atoms with E-state index >= 15 is 0 Å². The van der Waals surface area contributed by atoms with Crippen LogP contribution in [0.3, 0.4) is 0 Å². The normalized spacial score (nSPS) is 53.7. The van der Waals surface area contributed by atoms with Gasteiger partial charge in [0.05, 0.1) is 31.5 Å². The highest BCUT2D eigenvalue weighted by molar-refractivity contribution is 5.15. The van der Waals surface area contributed by atoms with Crippen molar-refractivity contribution in [1.29, 1.82) is 0 Å². The molecule has 0 aromatic rings. The van der Waals surface area contributed by atoms with Gasteiger partial charge in [-0.25, -0.2) is 0 Å². The van der Waals surface area contributed by atoms with Crippen LogP contribution >= 0.6 is 0 Å². The van der Waals surface area contributed by atoms with Crippen LogP contribution in [0.1, 0.15) is 65.2 Å². The Balaban J connectivity index is 1.25. The molecule has 0 amide bonds. The van der Waals surface area contributed by atoms with Crippen molar-refractivity contribution in [1.82, 2.24) is 9.80 Å². The molecular weight excluding hydrogens is 400 g/mol. The van der Waals surface area contributed by atoms with Crippen molar-refractivity contribution < 1.29 is 14.9 Å². The Labute approximate surface area is 194 Å². The summed E-state index contributed by atoms with van der Waals surface area (Å²) >= 11 is 0. The molecule has 10 atom stereocenters. The van der Waals surface area contributed by atoms with Gasteiger partial charge in [0, 0.05) is 25.7 Å². The van der Waals surface area contributed by atoms with Crippen molar-refractivity contribution in [3.63, 3.8) is 0 Å². The fourth-order valence-corrected chi connectivity index (χ4v) is 9.65. The maximum atomic E-state index is 11.5. The van der Waals surface area contributed by atoms with Crippen molar-refractivity contribution in [2.45, 2.75) is 89.5 Å². The third-order valence-electron chi connectivity index (χ3n) is 11.4. The maximum Gasteiger partial charge on any atom is 0.0799 e. The molecule has 0 unspecified atom stereocenters. The number of nitrogens with zero attached hydrogens (tertiary/aromatic N) is 2. The maximum absolute atomic E-state index is 11.5. The van der Waals surface area contributed by atoms with Gasteiger partial charge in [-0.15, -0.1) is 0 Å². The summed E-state index contributed by atoms with van der Waals surface area (Å²) in [7, 11) is 0. The van der Waals surface area contributed by atoms with Crippen LogP contribution in [0.15, 0.2) is 12.3 Å². The Kier molecular flexibility index (Phi) is 5.45. The van der Waals surface area contributed by atoms with Gasteiger partial charge in [0.25, 0.3) is 0 Å². The Morgan fingerprint density at radius 2 is 1.72 bits per heavy atom. The second kappa shape index (κ2) is 7.96. The zero-order valence-corrected chi connectivity index (χ0v) is 20.2. The number of morpholine rings is 1. The van der Waals surface area contributed by atoms with Crippen LogP contribution in [0.4, 0.5) is 0 Å². The molecule has 4 aliphatic carbocycles. The smallest absolute Gasteiger partial charge is 0.0799 e. The molecule has 1 saturated heterocycles. The van der Waals surface area contributed by atoms with E-state index in [9.17, 15) is 10.2 Å². The number of rotatable bonds is 2. The Morgan fingerprint density at radius 1 is 0.906 bits per heavy atom. The van der Waals surface area contributed by atoms with Crippen LogP contribution in [0, 0.1) is 34.5 Å². The first-order chi connectivity index (χ1) is 15.4. The minimum atomic E-state index is -0.198. The van der Waals surface area contributed by atoms with Crippen LogP contribution in [-0.2, 0) is 4.74 Å². The largest absolute Gasteiger partial charge is 0.391 e. The fraction of sp³-hybridized carbons (Fsp3) is 0.926. The molecule has 4 saturated carbocycles. The summed E-state index contributed by atoms with van der Waals surface area (Å²) in [5.41, 5.74) is 0.395. The van der Waals surface area contributed by atoms with E-state index < -0.39 is 0 Å². The van der Waals surface area contributed by atoms with Crippen molar-refractivity contribution >= 4 is 0 Å². The van der Waals surface area contributed by atoms with Gasteiger partial charge < -0.3 is 19.8 Å². The third-order valence-corrected chi connectivity index (χ3v) is 11.4. The summed E-state index contributed by atoms with van der Waals surface area (Å²) in [6.07, 6.45) is 13.5. The number of fused-ring (bicyclic) bond motifs is 5. The number of hydrogen-bond donors (Lipinski definition) is 2. The van der Waals surface area contributed by atoms with Crippen LogP contribution in [0.5, 0.6) is 0 Å². The number of aliphatic hydroxyl groups is 2. The zero-order chi connectivity index (χ0) is 22.1. The number of ether oxygens (including phenoxy) is 1. The highest BCUT2D eigenvalue weighted by Gasteiger charge is 2.63. The van der Waals surface area contributed by atoms with Gasteiger partial charge >= 0.3 is 0 Å². The second-order valence-corrected chi connectivity index (χ2v) is 12.6. The predicted octanol–water partition coefficient (Wildman–Crippen LogP) is 3.26. The van der Waals surface area contributed by atoms with Crippen LogP contribution in [0.2, 0.25) is 0 Å². The lowest BCUT2D eigenvalue weighted by Gasteiger charge is -2.62. The van der Waals surface area contributed by atoms with Gasteiger partial charge in [0.2, 0.25) is 0 Å². The molecule has 0 radical (unpaired) electrons. The molecule has 6 aliphatic rings. The van der Waals surface area contributed by atoms with E-state index in [1.165, 1.54) is 32.1 Å². The lowest BCUT2D eigenvalue weighted by Crippen LogP contribution is -2.61. The van der Waals surface area contributed by atoms with Crippen LogP contribution < -0.4 is 0 Å². The topological polar surface area (TPSA) is 56.2 Å². The standard InChI is InChI=1S/C27H44N2O3/c1-26-8-7-20-19(21(26)16-22(25(26)31)28-9-3-4-10-28)6-5-18-15-24(30)23(17-27(18,20)2)29-11-13-32-14-12-29/h3,9,18-25,30-31H,4-8,10-17H2,1-2H3/t18-,19+,20-,21-,22-,23-,24+,25-,26-,27-/m0/s1. The molecule has 5 heteroatoms. The number of aliphatic hydroxyl groups excluding tert-OH is 2. The Hall–Kier alpha value is -0.620. The van der Waals surface area contributed by atoms with E-state index in [-0.39, 0.29) is 17.6 Å². The molecule has 0 spiro atoms. The fourth-order valence-electron chi connectivity index (χ4n) is 9.65. The van der Waals surface area contributed by atoms with Gasteiger partial charge in [0.15, 0.2) is 0 Å². The molecule has 32 heavy (non-hydrogen) atoms. The summed E-state index contributed by atoms with van der Waals surface area (Å²) in [4.78, 5) is 4.98. The lowest BCUT2D eigenvalue weighted by atomic mass is 9.44. The summed E-state index contributed by atoms with van der Waals surface area (Å²) in [5.74, 6) is 2.78. The first-order valence-corrected chi connectivity index (χ1v) is 13.5. The van der Waals surface area contributed by atoms with Crippen LogP contribution in [-0.4, -0.2) is 77.2 Å². The molecule has 6 rings (SSSR count). The summed E-state index contributed by atoms with van der Waals surface area (Å²) < 4.78 is 5.61. The SMILES string of the molecule is C[C@]12C[C@H](N3CCOCC3)[C@H](O)C[C@@H]1CC[C@@H]1[C@@H]2CC[C@]2(C)[C@@H](O)[C@@H](N3C=CCC3)C[C@@H]12. The molecular formula is C27H44N2O3.